The summed E-state index contributed by atoms with van der Waals surface area (Å²) in [4.78, 5) is 0. The Morgan fingerprint density at radius 3 is 2.71 bits per heavy atom. The molecule has 0 aromatic heterocycles. The first-order chi connectivity index (χ1) is 8.15. The summed E-state index contributed by atoms with van der Waals surface area (Å²) in [7, 11) is 0. The van der Waals surface area contributed by atoms with Crippen molar-refractivity contribution in [3.05, 3.63) is 35.1 Å². The maximum atomic E-state index is 13.5. The van der Waals surface area contributed by atoms with E-state index in [1.54, 1.807) is 13.0 Å². The molecule has 0 amide bonds. The predicted molar refractivity (Wildman–Crippen MR) is 65.0 cm³/mol. The summed E-state index contributed by atoms with van der Waals surface area (Å²) in [5.74, 6) is 1.63. The number of halogens is 1. The fourth-order valence-electron chi connectivity index (χ4n) is 3.72. The standard InChI is InChI=1S/C15H19FO/c1-9-2-4-12(8-14(9)16)15(17)13-7-10-3-5-11(13)6-10/h2,4,8,10-11,13,15,17H,3,5-7H2,1H3. The number of hydrogen-bond acceptors (Lipinski definition) is 1. The number of hydrogen-bond donors (Lipinski definition) is 1. The van der Waals surface area contributed by atoms with Gasteiger partial charge in [0.25, 0.3) is 0 Å². The molecule has 17 heavy (non-hydrogen) atoms. The van der Waals surface area contributed by atoms with Crippen molar-refractivity contribution in [2.75, 3.05) is 0 Å². The number of aliphatic hydroxyl groups is 1. The van der Waals surface area contributed by atoms with Crippen molar-refractivity contribution in [2.45, 2.75) is 38.7 Å². The van der Waals surface area contributed by atoms with Crippen molar-refractivity contribution in [2.24, 2.45) is 17.8 Å². The Bertz CT molecular complexity index is 429. The van der Waals surface area contributed by atoms with Crippen molar-refractivity contribution in [1.29, 1.82) is 0 Å². The van der Waals surface area contributed by atoms with E-state index in [1.807, 2.05) is 6.07 Å². The highest BCUT2D eigenvalue weighted by Gasteiger charge is 2.43. The highest BCUT2D eigenvalue weighted by atomic mass is 19.1. The molecule has 0 radical (unpaired) electrons. The van der Waals surface area contributed by atoms with Crippen molar-refractivity contribution < 1.29 is 9.50 Å². The third-order valence-electron chi connectivity index (χ3n) is 4.74. The van der Waals surface area contributed by atoms with Gasteiger partial charge in [-0.1, -0.05) is 18.6 Å². The van der Waals surface area contributed by atoms with E-state index < -0.39 is 6.10 Å². The molecule has 2 saturated carbocycles. The van der Waals surface area contributed by atoms with E-state index in [1.165, 1.54) is 25.3 Å². The maximum absolute atomic E-state index is 13.5. The summed E-state index contributed by atoms with van der Waals surface area (Å²) < 4.78 is 13.5. The monoisotopic (exact) mass is 234 g/mol. The van der Waals surface area contributed by atoms with Crippen LogP contribution in [0, 0.1) is 30.5 Å². The molecular weight excluding hydrogens is 215 g/mol. The molecule has 4 unspecified atom stereocenters. The molecule has 2 aliphatic rings. The average molecular weight is 234 g/mol. The van der Waals surface area contributed by atoms with Crippen LogP contribution in [0.3, 0.4) is 0 Å². The molecular formula is C15H19FO. The van der Waals surface area contributed by atoms with Crippen LogP contribution in [0.25, 0.3) is 0 Å². The van der Waals surface area contributed by atoms with Crippen LogP contribution >= 0.6 is 0 Å². The van der Waals surface area contributed by atoms with Gasteiger partial charge in [-0.15, -0.1) is 0 Å². The van der Waals surface area contributed by atoms with Crippen LogP contribution < -0.4 is 0 Å². The number of fused-ring (bicyclic) bond motifs is 2. The Hall–Kier alpha value is -0.890. The Balaban J connectivity index is 1.81. The van der Waals surface area contributed by atoms with Gasteiger partial charge in [-0.05, 0) is 61.1 Å². The molecule has 2 heteroatoms. The molecule has 0 heterocycles. The van der Waals surface area contributed by atoms with E-state index in [9.17, 15) is 9.50 Å². The molecule has 1 aromatic rings. The lowest BCUT2D eigenvalue weighted by Crippen LogP contribution is -2.19. The fourth-order valence-corrected chi connectivity index (χ4v) is 3.72. The van der Waals surface area contributed by atoms with E-state index in [4.69, 9.17) is 0 Å². The lowest BCUT2D eigenvalue weighted by atomic mass is 9.82. The second kappa shape index (κ2) is 4.09. The highest BCUT2D eigenvalue weighted by Crippen LogP contribution is 2.52. The Labute approximate surface area is 102 Å². The predicted octanol–water partition coefficient (Wildman–Crippen LogP) is 3.60. The van der Waals surface area contributed by atoms with Crippen LogP contribution in [0.2, 0.25) is 0 Å². The Morgan fingerprint density at radius 2 is 2.12 bits per heavy atom. The first-order valence-corrected chi connectivity index (χ1v) is 6.59. The zero-order valence-electron chi connectivity index (χ0n) is 10.2. The summed E-state index contributed by atoms with van der Waals surface area (Å²) >= 11 is 0. The molecule has 1 aromatic carbocycles. The van der Waals surface area contributed by atoms with Crippen LogP contribution in [-0.2, 0) is 0 Å². The van der Waals surface area contributed by atoms with Gasteiger partial charge in [0, 0.05) is 0 Å². The zero-order chi connectivity index (χ0) is 12.0. The topological polar surface area (TPSA) is 20.2 Å². The van der Waals surface area contributed by atoms with Crippen molar-refractivity contribution in [3.8, 4) is 0 Å². The molecule has 0 aliphatic heterocycles. The molecule has 0 saturated heterocycles. The lowest BCUT2D eigenvalue weighted by molar-refractivity contribution is 0.0742. The van der Waals surface area contributed by atoms with Gasteiger partial charge in [-0.2, -0.15) is 0 Å². The first-order valence-electron chi connectivity index (χ1n) is 6.59. The van der Waals surface area contributed by atoms with Crippen LogP contribution in [0.4, 0.5) is 4.39 Å². The minimum absolute atomic E-state index is 0.204. The second-order valence-electron chi connectivity index (χ2n) is 5.79. The molecule has 1 nitrogen and oxygen atoms in total. The fraction of sp³-hybridized carbons (Fsp3) is 0.600. The second-order valence-corrected chi connectivity index (χ2v) is 5.79. The van der Waals surface area contributed by atoms with Gasteiger partial charge in [-0.3, -0.25) is 0 Å². The van der Waals surface area contributed by atoms with E-state index in [0.717, 1.165) is 17.9 Å². The molecule has 1 N–H and O–H groups in total. The SMILES string of the molecule is Cc1ccc(C(O)C2CC3CCC2C3)cc1F. The smallest absolute Gasteiger partial charge is 0.126 e. The summed E-state index contributed by atoms with van der Waals surface area (Å²) in [5.41, 5.74) is 1.40. The third-order valence-corrected chi connectivity index (χ3v) is 4.74. The van der Waals surface area contributed by atoms with E-state index in [0.29, 0.717) is 17.4 Å². The van der Waals surface area contributed by atoms with Gasteiger partial charge < -0.3 is 5.11 Å². The van der Waals surface area contributed by atoms with Crippen LogP contribution in [-0.4, -0.2) is 5.11 Å². The quantitative estimate of drug-likeness (QED) is 0.829. The van der Waals surface area contributed by atoms with Crippen LogP contribution in [0.5, 0.6) is 0 Å². The molecule has 92 valence electrons. The number of benzene rings is 1. The summed E-state index contributed by atoms with van der Waals surface area (Å²) in [6.45, 7) is 1.75. The molecule has 0 spiro atoms. The zero-order valence-corrected chi connectivity index (χ0v) is 10.2. The summed E-state index contributed by atoms with van der Waals surface area (Å²) in [6, 6.07) is 5.14. The van der Waals surface area contributed by atoms with Crippen molar-refractivity contribution >= 4 is 0 Å². The van der Waals surface area contributed by atoms with E-state index >= 15 is 0 Å². The minimum Gasteiger partial charge on any atom is -0.388 e. The van der Waals surface area contributed by atoms with Gasteiger partial charge in [0.1, 0.15) is 5.82 Å². The molecule has 4 atom stereocenters. The lowest BCUT2D eigenvalue weighted by Gasteiger charge is -2.27. The van der Waals surface area contributed by atoms with Crippen LogP contribution in [0.15, 0.2) is 18.2 Å². The van der Waals surface area contributed by atoms with Gasteiger partial charge >= 0.3 is 0 Å². The van der Waals surface area contributed by atoms with Gasteiger partial charge in [0.2, 0.25) is 0 Å². The minimum atomic E-state index is -0.472. The Kier molecular flexibility index (Phi) is 2.70. The molecule has 3 rings (SSSR count). The van der Waals surface area contributed by atoms with Gasteiger partial charge in [0.15, 0.2) is 0 Å². The first kappa shape index (κ1) is 11.2. The van der Waals surface area contributed by atoms with Crippen molar-refractivity contribution in [3.63, 3.8) is 0 Å². The number of aryl methyl sites for hydroxylation is 1. The van der Waals surface area contributed by atoms with E-state index in [-0.39, 0.29) is 5.82 Å². The third kappa shape index (κ3) is 1.89. The molecule has 2 bridgehead atoms. The van der Waals surface area contributed by atoms with Crippen LogP contribution in [0.1, 0.15) is 42.9 Å². The number of rotatable bonds is 2. The molecule has 2 fully saturated rings. The summed E-state index contributed by atoms with van der Waals surface area (Å²) in [6.07, 6.45) is 4.51. The maximum Gasteiger partial charge on any atom is 0.126 e. The highest BCUT2D eigenvalue weighted by molar-refractivity contribution is 5.25. The largest absolute Gasteiger partial charge is 0.388 e. The van der Waals surface area contributed by atoms with Gasteiger partial charge in [-0.25, -0.2) is 4.39 Å². The van der Waals surface area contributed by atoms with Gasteiger partial charge in [0.05, 0.1) is 6.10 Å². The Morgan fingerprint density at radius 1 is 1.29 bits per heavy atom. The average Bonchev–Trinajstić information content (AvgIpc) is 2.93. The van der Waals surface area contributed by atoms with E-state index in [2.05, 4.69) is 0 Å². The molecule has 2 aliphatic carbocycles. The van der Waals surface area contributed by atoms with Crippen molar-refractivity contribution in [1.82, 2.24) is 0 Å². The summed E-state index contributed by atoms with van der Waals surface area (Å²) in [5, 5.41) is 10.4. The normalized spacial score (nSPS) is 33.0. The number of aliphatic hydroxyl groups excluding tert-OH is 1.